The number of rotatable bonds is 8. The van der Waals surface area contributed by atoms with Gasteiger partial charge in [0.15, 0.2) is 17.5 Å². The van der Waals surface area contributed by atoms with Crippen LogP contribution in [0.1, 0.15) is 28.7 Å². The maximum atomic E-state index is 5.58. The molecule has 1 aliphatic heterocycles. The summed E-state index contributed by atoms with van der Waals surface area (Å²) in [5.41, 5.74) is 4.09. The van der Waals surface area contributed by atoms with Crippen LogP contribution < -0.4 is 20.1 Å². The second kappa shape index (κ2) is 10.7. The Labute approximate surface area is 190 Å². The number of hydrogen-bond donors (Lipinski definition) is 2. The van der Waals surface area contributed by atoms with Gasteiger partial charge < -0.3 is 24.8 Å². The van der Waals surface area contributed by atoms with E-state index in [9.17, 15) is 0 Å². The number of benzene rings is 2. The fourth-order valence-electron chi connectivity index (χ4n) is 4.59. The first-order chi connectivity index (χ1) is 15.7. The molecule has 1 heterocycles. The zero-order chi connectivity index (χ0) is 22.3. The summed E-state index contributed by atoms with van der Waals surface area (Å²) in [5, 5.41) is 7.06. The summed E-state index contributed by atoms with van der Waals surface area (Å²) in [4.78, 5) is 6.90. The van der Waals surface area contributed by atoms with Crippen molar-refractivity contribution in [1.82, 2.24) is 15.5 Å². The Balaban J connectivity index is 1.41. The Morgan fingerprint density at radius 2 is 1.88 bits per heavy atom. The third-order valence-corrected chi connectivity index (χ3v) is 6.44. The molecule has 0 bridgehead atoms. The number of morpholine rings is 1. The predicted molar refractivity (Wildman–Crippen MR) is 127 cm³/mol. The molecule has 0 amide bonds. The zero-order valence-corrected chi connectivity index (χ0v) is 19.3. The number of nitrogens with one attached hydrogen (secondary N) is 2. The van der Waals surface area contributed by atoms with Crippen LogP contribution in [0.2, 0.25) is 0 Å². The summed E-state index contributed by atoms with van der Waals surface area (Å²) in [7, 11) is 5.16. The SMILES string of the molecule is CN=C(NCC1Cc2ccccc21)NCC(c1ccc(OC)c(OC)c1)N1CCOCC1. The van der Waals surface area contributed by atoms with E-state index >= 15 is 0 Å². The van der Waals surface area contributed by atoms with Crippen LogP contribution in [0.4, 0.5) is 0 Å². The smallest absolute Gasteiger partial charge is 0.191 e. The van der Waals surface area contributed by atoms with Gasteiger partial charge in [0, 0.05) is 39.1 Å². The average Bonchev–Trinajstić information content (AvgIpc) is 2.83. The Morgan fingerprint density at radius 1 is 1.09 bits per heavy atom. The van der Waals surface area contributed by atoms with Crippen molar-refractivity contribution in [2.75, 3.05) is 60.7 Å². The minimum atomic E-state index is 0.168. The zero-order valence-electron chi connectivity index (χ0n) is 19.3. The maximum absolute atomic E-state index is 5.58. The number of methoxy groups -OCH3 is 2. The first-order valence-electron chi connectivity index (χ1n) is 11.3. The van der Waals surface area contributed by atoms with Gasteiger partial charge in [0.25, 0.3) is 0 Å². The minimum Gasteiger partial charge on any atom is -0.493 e. The lowest BCUT2D eigenvalue weighted by atomic mass is 9.78. The van der Waals surface area contributed by atoms with Gasteiger partial charge in [-0.15, -0.1) is 0 Å². The highest BCUT2D eigenvalue weighted by atomic mass is 16.5. The predicted octanol–water partition coefficient (Wildman–Crippen LogP) is 2.58. The topological polar surface area (TPSA) is 67.4 Å². The van der Waals surface area contributed by atoms with Crippen molar-refractivity contribution in [3.8, 4) is 11.5 Å². The van der Waals surface area contributed by atoms with Gasteiger partial charge in [0.1, 0.15) is 0 Å². The van der Waals surface area contributed by atoms with Crippen LogP contribution in [-0.4, -0.2) is 71.5 Å². The molecule has 0 saturated carbocycles. The van der Waals surface area contributed by atoms with E-state index in [1.807, 2.05) is 13.1 Å². The molecule has 7 heteroatoms. The second-order valence-corrected chi connectivity index (χ2v) is 8.21. The second-order valence-electron chi connectivity index (χ2n) is 8.21. The van der Waals surface area contributed by atoms with Crippen LogP contribution in [0.5, 0.6) is 11.5 Å². The molecular weight excluding hydrogens is 404 g/mol. The third kappa shape index (κ3) is 5.00. The first-order valence-corrected chi connectivity index (χ1v) is 11.3. The van der Waals surface area contributed by atoms with Gasteiger partial charge in [-0.25, -0.2) is 0 Å². The molecule has 1 aliphatic carbocycles. The van der Waals surface area contributed by atoms with Crippen molar-refractivity contribution >= 4 is 5.96 Å². The van der Waals surface area contributed by atoms with E-state index in [2.05, 4.69) is 56.9 Å². The van der Waals surface area contributed by atoms with Gasteiger partial charge in [-0.05, 0) is 35.2 Å². The molecule has 2 N–H and O–H groups in total. The summed E-state index contributed by atoms with van der Waals surface area (Å²) in [6, 6.07) is 15.0. The fourth-order valence-corrected chi connectivity index (χ4v) is 4.59. The highest BCUT2D eigenvalue weighted by molar-refractivity contribution is 5.79. The lowest BCUT2D eigenvalue weighted by Gasteiger charge is -2.35. The number of nitrogens with zero attached hydrogens (tertiary/aromatic N) is 2. The van der Waals surface area contributed by atoms with Crippen LogP contribution >= 0.6 is 0 Å². The van der Waals surface area contributed by atoms with E-state index in [1.165, 1.54) is 16.7 Å². The Kier molecular flexibility index (Phi) is 7.50. The molecule has 2 aromatic carbocycles. The normalized spacial score (nSPS) is 19.5. The Bertz CT molecular complexity index is 927. The molecule has 2 aliphatic rings. The van der Waals surface area contributed by atoms with E-state index in [0.717, 1.165) is 63.3 Å². The minimum absolute atomic E-state index is 0.168. The highest BCUT2D eigenvalue weighted by Crippen LogP contribution is 2.34. The summed E-state index contributed by atoms with van der Waals surface area (Å²) >= 11 is 0. The molecule has 0 aromatic heterocycles. The number of hydrogen-bond acceptors (Lipinski definition) is 5. The maximum Gasteiger partial charge on any atom is 0.191 e. The monoisotopic (exact) mass is 438 g/mol. The molecule has 32 heavy (non-hydrogen) atoms. The fraction of sp³-hybridized carbons (Fsp3) is 0.480. The van der Waals surface area contributed by atoms with Crippen LogP contribution in [0.15, 0.2) is 47.5 Å². The van der Waals surface area contributed by atoms with Gasteiger partial charge >= 0.3 is 0 Å². The van der Waals surface area contributed by atoms with Crippen molar-refractivity contribution in [2.24, 2.45) is 4.99 Å². The quantitative estimate of drug-likeness (QED) is 0.488. The number of aliphatic imine (C=N–C) groups is 1. The Hall–Kier alpha value is -2.77. The standard InChI is InChI=1S/C25H34N4O3/c1-26-25(27-16-20-14-18-6-4-5-7-21(18)20)28-17-22(29-10-12-32-13-11-29)19-8-9-23(30-2)24(15-19)31-3/h4-9,15,20,22H,10-14,16-17H2,1-3H3,(H2,26,27,28). The largest absolute Gasteiger partial charge is 0.493 e. The molecule has 7 nitrogen and oxygen atoms in total. The summed E-state index contributed by atoms with van der Waals surface area (Å²) < 4.78 is 16.6. The van der Waals surface area contributed by atoms with Gasteiger partial charge in [-0.1, -0.05) is 30.3 Å². The number of ether oxygens (including phenoxy) is 3. The number of fused-ring (bicyclic) bond motifs is 1. The molecule has 0 spiro atoms. The van der Waals surface area contributed by atoms with Crippen LogP contribution in [0, 0.1) is 0 Å². The molecule has 0 radical (unpaired) electrons. The lowest BCUT2D eigenvalue weighted by molar-refractivity contribution is 0.0169. The third-order valence-electron chi connectivity index (χ3n) is 6.44. The molecule has 2 unspecified atom stereocenters. The van der Waals surface area contributed by atoms with Crippen molar-refractivity contribution < 1.29 is 14.2 Å². The van der Waals surface area contributed by atoms with E-state index in [0.29, 0.717) is 5.92 Å². The molecule has 2 atom stereocenters. The van der Waals surface area contributed by atoms with E-state index < -0.39 is 0 Å². The summed E-state index contributed by atoms with van der Waals surface area (Å²) in [6.07, 6.45) is 1.13. The summed E-state index contributed by atoms with van der Waals surface area (Å²) in [6.45, 7) is 4.90. The van der Waals surface area contributed by atoms with E-state index in [-0.39, 0.29) is 6.04 Å². The van der Waals surface area contributed by atoms with E-state index in [1.54, 1.807) is 14.2 Å². The summed E-state index contributed by atoms with van der Waals surface area (Å²) in [5.74, 6) is 2.86. The molecule has 4 rings (SSSR count). The van der Waals surface area contributed by atoms with Crippen molar-refractivity contribution in [3.05, 3.63) is 59.2 Å². The van der Waals surface area contributed by atoms with Crippen molar-refractivity contribution in [1.29, 1.82) is 0 Å². The molecule has 172 valence electrons. The van der Waals surface area contributed by atoms with Gasteiger partial charge in [-0.3, -0.25) is 9.89 Å². The van der Waals surface area contributed by atoms with E-state index in [4.69, 9.17) is 14.2 Å². The van der Waals surface area contributed by atoms with Crippen LogP contribution in [0.25, 0.3) is 0 Å². The van der Waals surface area contributed by atoms with Crippen molar-refractivity contribution in [3.63, 3.8) is 0 Å². The van der Waals surface area contributed by atoms with Crippen LogP contribution in [0.3, 0.4) is 0 Å². The molecule has 1 fully saturated rings. The molecule has 1 saturated heterocycles. The molecular formula is C25H34N4O3. The van der Waals surface area contributed by atoms with Gasteiger partial charge in [-0.2, -0.15) is 0 Å². The number of guanidine groups is 1. The highest BCUT2D eigenvalue weighted by Gasteiger charge is 2.26. The average molecular weight is 439 g/mol. The van der Waals surface area contributed by atoms with Gasteiger partial charge in [0.2, 0.25) is 0 Å². The van der Waals surface area contributed by atoms with Crippen molar-refractivity contribution in [2.45, 2.75) is 18.4 Å². The first kappa shape index (κ1) is 22.4. The lowest BCUT2D eigenvalue weighted by Crippen LogP contribution is -2.47. The molecule has 2 aromatic rings. The Morgan fingerprint density at radius 3 is 2.59 bits per heavy atom. The van der Waals surface area contributed by atoms with Gasteiger partial charge in [0.05, 0.1) is 33.5 Å². The van der Waals surface area contributed by atoms with Crippen LogP contribution in [-0.2, 0) is 11.2 Å².